The minimum absolute atomic E-state index is 0.0209. The first-order valence-electron chi connectivity index (χ1n) is 9.54. The SMILES string of the molecule is COC(=O)N1CCC(C(=O)N[C@@H](CC(=O)O)C(O)COc2c(F)c(F)cc(F)c2F)CC1. The fourth-order valence-electron chi connectivity index (χ4n) is 3.19. The van der Waals surface area contributed by atoms with Crippen molar-refractivity contribution in [1.29, 1.82) is 0 Å². The number of carboxylic acid groups (broad SMARTS) is 1. The van der Waals surface area contributed by atoms with Crippen molar-refractivity contribution in [2.75, 3.05) is 26.8 Å². The number of aliphatic hydroxyl groups is 1. The number of hydrogen-bond donors (Lipinski definition) is 3. The number of amides is 2. The summed E-state index contributed by atoms with van der Waals surface area (Å²) in [5, 5.41) is 21.6. The van der Waals surface area contributed by atoms with E-state index in [-0.39, 0.29) is 32.0 Å². The second kappa shape index (κ2) is 11.0. The molecule has 32 heavy (non-hydrogen) atoms. The zero-order valence-corrected chi connectivity index (χ0v) is 16.9. The third-order valence-electron chi connectivity index (χ3n) is 4.96. The topological polar surface area (TPSA) is 125 Å². The highest BCUT2D eigenvalue weighted by Gasteiger charge is 2.32. The standard InChI is InChI=1S/C19H22F4N2O7/c1-31-19(30)25-4-2-9(3-5-25)18(29)24-12(7-14(27)28)13(26)8-32-17-15(22)10(20)6-11(21)16(17)23/h6,9,12-13,26H,2-5,7-8H2,1H3,(H,24,29)(H,27,28)/t12-,13?/m0/s1. The Hall–Kier alpha value is -3.09. The molecule has 178 valence electrons. The van der Waals surface area contributed by atoms with E-state index in [0.29, 0.717) is 0 Å². The van der Waals surface area contributed by atoms with Crippen LogP contribution in [0.15, 0.2) is 6.07 Å². The number of methoxy groups -OCH3 is 1. The Bertz CT molecular complexity index is 836. The highest BCUT2D eigenvalue weighted by molar-refractivity contribution is 5.80. The van der Waals surface area contributed by atoms with Gasteiger partial charge in [-0.15, -0.1) is 0 Å². The molecule has 0 bridgehead atoms. The molecule has 3 N–H and O–H groups in total. The molecule has 1 saturated heterocycles. The molecule has 1 aliphatic heterocycles. The summed E-state index contributed by atoms with van der Waals surface area (Å²) in [5.41, 5.74) is 0. The lowest BCUT2D eigenvalue weighted by Gasteiger charge is -2.31. The fraction of sp³-hybridized carbons (Fsp3) is 0.526. The number of rotatable bonds is 8. The number of ether oxygens (including phenoxy) is 2. The van der Waals surface area contributed by atoms with E-state index in [0.717, 1.165) is 0 Å². The molecule has 1 fully saturated rings. The Kier molecular flexibility index (Phi) is 8.63. The van der Waals surface area contributed by atoms with Crippen molar-refractivity contribution >= 4 is 18.0 Å². The van der Waals surface area contributed by atoms with Gasteiger partial charge in [0.05, 0.1) is 19.6 Å². The zero-order valence-electron chi connectivity index (χ0n) is 16.9. The number of likely N-dealkylation sites (tertiary alicyclic amines) is 1. The van der Waals surface area contributed by atoms with Crippen LogP contribution in [-0.2, 0) is 14.3 Å². The van der Waals surface area contributed by atoms with E-state index < -0.39 is 78.1 Å². The monoisotopic (exact) mass is 466 g/mol. The molecule has 1 aliphatic rings. The Morgan fingerprint density at radius 3 is 2.22 bits per heavy atom. The summed E-state index contributed by atoms with van der Waals surface area (Å²) in [6, 6.07) is -1.45. The van der Waals surface area contributed by atoms with Crippen molar-refractivity contribution in [2.24, 2.45) is 5.92 Å². The Morgan fingerprint density at radius 1 is 1.16 bits per heavy atom. The van der Waals surface area contributed by atoms with Gasteiger partial charge < -0.3 is 29.9 Å². The van der Waals surface area contributed by atoms with E-state index in [1.807, 2.05) is 0 Å². The van der Waals surface area contributed by atoms with Crippen LogP contribution in [-0.4, -0.2) is 72.0 Å². The molecule has 2 amide bonds. The molecule has 2 atom stereocenters. The number of carbonyl (C=O) groups is 3. The molecule has 0 radical (unpaired) electrons. The highest BCUT2D eigenvalue weighted by atomic mass is 19.2. The third-order valence-corrected chi connectivity index (χ3v) is 4.96. The zero-order chi connectivity index (χ0) is 24.0. The minimum Gasteiger partial charge on any atom is -0.485 e. The van der Waals surface area contributed by atoms with Gasteiger partial charge in [-0.1, -0.05) is 0 Å². The number of hydrogen-bond acceptors (Lipinski definition) is 6. The van der Waals surface area contributed by atoms with E-state index in [2.05, 4.69) is 14.8 Å². The highest BCUT2D eigenvalue weighted by Crippen LogP contribution is 2.27. The molecular weight excluding hydrogens is 444 g/mol. The Morgan fingerprint density at radius 2 is 1.72 bits per heavy atom. The first-order valence-corrected chi connectivity index (χ1v) is 9.54. The van der Waals surface area contributed by atoms with Crippen molar-refractivity contribution in [2.45, 2.75) is 31.4 Å². The molecule has 0 aromatic heterocycles. The molecule has 1 heterocycles. The summed E-state index contributed by atoms with van der Waals surface area (Å²) in [7, 11) is 1.22. The number of halogens is 4. The third kappa shape index (κ3) is 6.22. The normalized spacial score (nSPS) is 16.2. The molecular formula is C19H22F4N2O7. The van der Waals surface area contributed by atoms with E-state index in [1.54, 1.807) is 0 Å². The van der Waals surface area contributed by atoms with Gasteiger partial charge in [-0.25, -0.2) is 13.6 Å². The summed E-state index contributed by atoms with van der Waals surface area (Å²) in [5.74, 6) is -11.1. The van der Waals surface area contributed by atoms with Crippen molar-refractivity contribution < 1.29 is 51.6 Å². The van der Waals surface area contributed by atoms with Crippen LogP contribution in [0, 0.1) is 29.2 Å². The van der Waals surface area contributed by atoms with Gasteiger partial charge in [0.2, 0.25) is 17.5 Å². The number of nitrogens with one attached hydrogen (secondary N) is 1. The molecule has 0 aliphatic carbocycles. The Balaban J connectivity index is 2.01. The van der Waals surface area contributed by atoms with E-state index in [4.69, 9.17) is 5.11 Å². The van der Waals surface area contributed by atoms with E-state index >= 15 is 0 Å². The van der Waals surface area contributed by atoms with Gasteiger partial charge >= 0.3 is 12.1 Å². The van der Waals surface area contributed by atoms with Crippen molar-refractivity contribution in [3.05, 3.63) is 29.3 Å². The first kappa shape index (κ1) is 25.2. The first-order chi connectivity index (χ1) is 15.0. The second-order valence-corrected chi connectivity index (χ2v) is 7.12. The van der Waals surface area contributed by atoms with E-state index in [9.17, 15) is 37.1 Å². The maximum Gasteiger partial charge on any atom is 0.409 e. The molecule has 1 aromatic carbocycles. The predicted molar refractivity (Wildman–Crippen MR) is 98.7 cm³/mol. The summed E-state index contributed by atoms with van der Waals surface area (Å²) >= 11 is 0. The summed E-state index contributed by atoms with van der Waals surface area (Å²) in [6.45, 7) is -0.511. The lowest BCUT2D eigenvalue weighted by atomic mass is 9.95. The number of piperidine rings is 1. The predicted octanol–water partition coefficient (Wildman–Crippen LogP) is 1.42. The van der Waals surface area contributed by atoms with Crippen LogP contribution in [0.5, 0.6) is 5.75 Å². The number of nitrogens with zero attached hydrogens (tertiary/aromatic N) is 1. The number of carbonyl (C=O) groups excluding carboxylic acids is 2. The van der Waals surface area contributed by atoms with Crippen molar-refractivity contribution in [3.8, 4) is 5.75 Å². The van der Waals surface area contributed by atoms with Crippen LogP contribution in [0.1, 0.15) is 19.3 Å². The van der Waals surface area contributed by atoms with Crippen LogP contribution in [0.3, 0.4) is 0 Å². The fourth-order valence-corrected chi connectivity index (χ4v) is 3.19. The van der Waals surface area contributed by atoms with Crippen LogP contribution in [0.4, 0.5) is 22.4 Å². The van der Waals surface area contributed by atoms with E-state index in [1.165, 1.54) is 12.0 Å². The molecule has 13 heteroatoms. The van der Waals surface area contributed by atoms with Crippen LogP contribution >= 0.6 is 0 Å². The Labute approximate surface area is 179 Å². The van der Waals surface area contributed by atoms with Crippen LogP contribution < -0.4 is 10.1 Å². The lowest BCUT2D eigenvalue weighted by molar-refractivity contribution is -0.139. The number of aliphatic carboxylic acids is 1. The summed E-state index contributed by atoms with van der Waals surface area (Å²) in [6.07, 6.45) is -2.58. The molecule has 9 nitrogen and oxygen atoms in total. The molecule has 0 spiro atoms. The van der Waals surface area contributed by atoms with Crippen LogP contribution in [0.2, 0.25) is 0 Å². The average Bonchev–Trinajstić information content (AvgIpc) is 2.76. The van der Waals surface area contributed by atoms with Gasteiger partial charge in [0.25, 0.3) is 0 Å². The largest absolute Gasteiger partial charge is 0.485 e. The number of carboxylic acids is 1. The van der Waals surface area contributed by atoms with Crippen molar-refractivity contribution in [3.63, 3.8) is 0 Å². The summed E-state index contributed by atoms with van der Waals surface area (Å²) in [4.78, 5) is 36.5. The molecule has 2 rings (SSSR count). The quantitative estimate of drug-likeness (QED) is 0.391. The second-order valence-electron chi connectivity index (χ2n) is 7.12. The summed E-state index contributed by atoms with van der Waals surface area (Å²) < 4.78 is 63.1. The van der Waals surface area contributed by atoms with Crippen molar-refractivity contribution in [1.82, 2.24) is 10.2 Å². The van der Waals surface area contributed by atoms with Gasteiger partial charge in [-0.2, -0.15) is 8.78 Å². The minimum atomic E-state index is -1.83. The molecule has 1 aromatic rings. The maximum atomic E-state index is 13.7. The molecule has 0 saturated carbocycles. The van der Waals surface area contributed by atoms with Gasteiger partial charge in [-0.05, 0) is 12.8 Å². The lowest BCUT2D eigenvalue weighted by Crippen LogP contribution is -2.50. The number of aliphatic hydroxyl groups excluding tert-OH is 1. The van der Waals surface area contributed by atoms with Crippen LogP contribution in [0.25, 0.3) is 0 Å². The van der Waals surface area contributed by atoms with Gasteiger partial charge in [-0.3, -0.25) is 9.59 Å². The van der Waals surface area contributed by atoms with Gasteiger partial charge in [0.15, 0.2) is 17.4 Å². The number of benzene rings is 1. The maximum absolute atomic E-state index is 13.7. The van der Waals surface area contributed by atoms with Gasteiger partial charge in [0, 0.05) is 25.1 Å². The van der Waals surface area contributed by atoms with Gasteiger partial charge in [0.1, 0.15) is 12.7 Å². The smallest absolute Gasteiger partial charge is 0.409 e. The average molecular weight is 466 g/mol. The molecule has 1 unspecified atom stereocenters.